The fourth-order valence-corrected chi connectivity index (χ4v) is 4.84. The van der Waals surface area contributed by atoms with E-state index in [0.29, 0.717) is 22.6 Å². The number of nitrogens with zero attached hydrogens (tertiary/aromatic N) is 1. The molecule has 2 atom stereocenters. The molecule has 31 heavy (non-hydrogen) atoms. The average Bonchev–Trinajstić information content (AvgIpc) is 2.72. The number of carbonyl (C=O) groups is 2. The highest BCUT2D eigenvalue weighted by molar-refractivity contribution is 7.90. The molecule has 0 saturated heterocycles. The van der Waals surface area contributed by atoms with Crippen molar-refractivity contribution in [2.24, 2.45) is 0 Å². The monoisotopic (exact) mass is 446 g/mol. The number of nitrogens with one attached hydrogen (secondary N) is 1. The Morgan fingerprint density at radius 2 is 1.87 bits per heavy atom. The number of hydrogen-bond donors (Lipinski definition) is 1. The molecule has 0 spiro atoms. The van der Waals surface area contributed by atoms with Crippen LogP contribution in [0.5, 0.6) is 5.75 Å². The van der Waals surface area contributed by atoms with Crippen molar-refractivity contribution in [1.29, 1.82) is 0 Å². The van der Waals surface area contributed by atoms with E-state index in [-0.39, 0.29) is 24.8 Å². The Hall–Kier alpha value is -2.91. The predicted molar refractivity (Wildman–Crippen MR) is 117 cm³/mol. The van der Waals surface area contributed by atoms with Gasteiger partial charge >= 0.3 is 0 Å². The molecule has 0 aromatic heterocycles. The molecule has 0 fully saturated rings. The predicted octanol–water partition coefficient (Wildman–Crippen LogP) is 1.93. The Labute approximate surface area is 182 Å². The number of amides is 2. The third-order valence-corrected chi connectivity index (χ3v) is 6.15. The minimum Gasteiger partial charge on any atom is -0.497 e. The Balaban J connectivity index is 2.06. The van der Waals surface area contributed by atoms with Gasteiger partial charge in [-0.05, 0) is 23.8 Å². The van der Waals surface area contributed by atoms with E-state index >= 15 is 0 Å². The summed E-state index contributed by atoms with van der Waals surface area (Å²) in [6.45, 7) is 0.394. The van der Waals surface area contributed by atoms with E-state index in [1.54, 1.807) is 48.5 Å². The van der Waals surface area contributed by atoms with Gasteiger partial charge < -0.3 is 19.7 Å². The van der Waals surface area contributed by atoms with Gasteiger partial charge in [0.15, 0.2) is 0 Å². The fourth-order valence-electron chi connectivity index (χ4n) is 3.85. The normalized spacial score (nSPS) is 18.4. The minimum absolute atomic E-state index is 0.173. The van der Waals surface area contributed by atoms with Crippen LogP contribution in [0.15, 0.2) is 48.5 Å². The summed E-state index contributed by atoms with van der Waals surface area (Å²) in [7, 11) is -0.464. The summed E-state index contributed by atoms with van der Waals surface area (Å²) in [6, 6.07) is 12.8. The zero-order valence-corrected chi connectivity index (χ0v) is 18.5. The topological polar surface area (TPSA) is 102 Å². The van der Waals surface area contributed by atoms with Gasteiger partial charge in [-0.3, -0.25) is 9.59 Å². The Morgan fingerprint density at radius 1 is 1.13 bits per heavy atom. The summed E-state index contributed by atoms with van der Waals surface area (Å²) < 4.78 is 34.8. The van der Waals surface area contributed by atoms with Crippen LogP contribution in [0.1, 0.15) is 21.8 Å². The highest BCUT2D eigenvalue weighted by Crippen LogP contribution is 2.35. The van der Waals surface area contributed by atoms with Crippen LogP contribution >= 0.6 is 0 Å². The highest BCUT2D eigenvalue weighted by atomic mass is 32.2. The average molecular weight is 447 g/mol. The van der Waals surface area contributed by atoms with Crippen LogP contribution in [-0.2, 0) is 19.4 Å². The molecule has 2 amide bonds. The molecule has 1 aliphatic rings. The molecule has 0 saturated carbocycles. The third kappa shape index (κ3) is 5.23. The smallest absolute Gasteiger partial charge is 0.254 e. The second-order valence-corrected chi connectivity index (χ2v) is 9.62. The molecule has 1 N–H and O–H groups in total. The van der Waals surface area contributed by atoms with Gasteiger partial charge in [0.25, 0.3) is 5.91 Å². The summed E-state index contributed by atoms with van der Waals surface area (Å²) in [6.07, 6.45) is 1.10. The molecule has 2 aromatic carbocycles. The van der Waals surface area contributed by atoms with Crippen LogP contribution in [0.2, 0.25) is 0 Å². The van der Waals surface area contributed by atoms with E-state index < -0.39 is 27.7 Å². The van der Waals surface area contributed by atoms with E-state index in [1.807, 2.05) is 0 Å². The van der Waals surface area contributed by atoms with E-state index in [1.165, 1.54) is 19.1 Å². The number of rotatable bonds is 8. The minimum atomic E-state index is -3.49. The molecule has 1 heterocycles. The Bertz CT molecular complexity index is 1070. The van der Waals surface area contributed by atoms with Gasteiger partial charge in [0.1, 0.15) is 15.6 Å². The summed E-state index contributed by atoms with van der Waals surface area (Å²) in [5.41, 5.74) is 1.41. The van der Waals surface area contributed by atoms with Crippen molar-refractivity contribution < 1.29 is 27.5 Å². The number of ether oxygens (including phenoxy) is 2. The fraction of sp³-hybridized carbons (Fsp3) is 0.364. The number of fused-ring (bicyclic) bond motifs is 1. The van der Waals surface area contributed by atoms with E-state index in [2.05, 4.69) is 5.32 Å². The van der Waals surface area contributed by atoms with Crippen LogP contribution in [0.25, 0.3) is 0 Å². The second kappa shape index (κ2) is 9.49. The molecule has 2 unspecified atom stereocenters. The first-order valence-corrected chi connectivity index (χ1v) is 11.8. The van der Waals surface area contributed by atoms with Gasteiger partial charge in [0.05, 0.1) is 31.4 Å². The maximum Gasteiger partial charge on any atom is 0.254 e. The second-order valence-electron chi connectivity index (χ2n) is 7.44. The largest absolute Gasteiger partial charge is 0.497 e. The molecule has 9 heteroatoms. The van der Waals surface area contributed by atoms with Crippen molar-refractivity contribution in [3.8, 4) is 5.75 Å². The molecule has 0 radical (unpaired) electrons. The van der Waals surface area contributed by atoms with Gasteiger partial charge in [0.2, 0.25) is 5.91 Å². The lowest BCUT2D eigenvalue weighted by Gasteiger charge is -2.41. The van der Waals surface area contributed by atoms with Crippen LogP contribution in [0, 0.1) is 0 Å². The molecule has 166 valence electrons. The molecular formula is C22H26N2O6S. The number of carbonyl (C=O) groups excluding carboxylic acids is 2. The van der Waals surface area contributed by atoms with Gasteiger partial charge in [-0.25, -0.2) is 8.42 Å². The zero-order chi connectivity index (χ0) is 22.6. The lowest BCUT2D eigenvalue weighted by Crippen LogP contribution is -2.54. The standard InChI is InChI=1S/C22H26N2O6S/c1-29-12-11-24-19(14-31(3,27)28)20(17-9-4-5-10-18(17)22(24)26)21(25)23-15-7-6-8-16(13-15)30-2/h4-10,13,19-20H,11-12,14H2,1-3H3,(H,23,25). The number of anilines is 1. The lowest BCUT2D eigenvalue weighted by atomic mass is 9.82. The van der Waals surface area contributed by atoms with Gasteiger partial charge in [-0.1, -0.05) is 24.3 Å². The van der Waals surface area contributed by atoms with Crippen molar-refractivity contribution in [1.82, 2.24) is 4.90 Å². The molecule has 0 aliphatic carbocycles. The van der Waals surface area contributed by atoms with Crippen LogP contribution in [0.3, 0.4) is 0 Å². The third-order valence-electron chi connectivity index (χ3n) is 5.20. The number of benzene rings is 2. The van der Waals surface area contributed by atoms with Gasteiger partial charge in [-0.15, -0.1) is 0 Å². The highest BCUT2D eigenvalue weighted by Gasteiger charge is 2.44. The quantitative estimate of drug-likeness (QED) is 0.665. The summed E-state index contributed by atoms with van der Waals surface area (Å²) in [5.74, 6) is -1.35. The molecule has 1 aliphatic heterocycles. The maximum atomic E-state index is 13.4. The van der Waals surface area contributed by atoms with Crippen molar-refractivity contribution in [3.05, 3.63) is 59.7 Å². The van der Waals surface area contributed by atoms with E-state index in [0.717, 1.165) is 6.26 Å². The van der Waals surface area contributed by atoms with Crippen molar-refractivity contribution >= 4 is 27.3 Å². The molecule has 2 aromatic rings. The van der Waals surface area contributed by atoms with Crippen molar-refractivity contribution in [2.45, 2.75) is 12.0 Å². The van der Waals surface area contributed by atoms with Crippen molar-refractivity contribution in [3.63, 3.8) is 0 Å². The van der Waals surface area contributed by atoms with E-state index in [4.69, 9.17) is 9.47 Å². The maximum absolute atomic E-state index is 13.4. The lowest BCUT2D eigenvalue weighted by molar-refractivity contribution is -0.118. The Kier molecular flexibility index (Phi) is 6.97. The SMILES string of the molecule is COCCN1C(=O)c2ccccc2C(C(=O)Nc2cccc(OC)c2)C1CS(C)(=O)=O. The summed E-state index contributed by atoms with van der Waals surface area (Å²) in [5, 5.41) is 2.85. The summed E-state index contributed by atoms with van der Waals surface area (Å²) in [4.78, 5) is 28.0. The number of hydrogen-bond acceptors (Lipinski definition) is 6. The summed E-state index contributed by atoms with van der Waals surface area (Å²) >= 11 is 0. The first-order valence-electron chi connectivity index (χ1n) is 9.76. The first kappa shape index (κ1) is 22.8. The van der Waals surface area contributed by atoms with Crippen LogP contribution in [0.4, 0.5) is 5.69 Å². The molecular weight excluding hydrogens is 420 g/mol. The number of sulfone groups is 1. The zero-order valence-electron chi connectivity index (χ0n) is 17.7. The van der Waals surface area contributed by atoms with Gasteiger partial charge in [-0.2, -0.15) is 0 Å². The van der Waals surface area contributed by atoms with Crippen LogP contribution < -0.4 is 10.1 Å². The molecule has 0 bridgehead atoms. The Morgan fingerprint density at radius 3 is 2.55 bits per heavy atom. The molecule has 3 rings (SSSR count). The van der Waals surface area contributed by atoms with Gasteiger partial charge in [0, 0.05) is 37.2 Å². The van der Waals surface area contributed by atoms with E-state index in [9.17, 15) is 18.0 Å². The molecule has 8 nitrogen and oxygen atoms in total. The van der Waals surface area contributed by atoms with Crippen molar-refractivity contribution in [2.75, 3.05) is 44.7 Å². The van der Waals surface area contributed by atoms with Crippen LogP contribution in [-0.4, -0.2) is 70.6 Å². The first-order chi connectivity index (χ1) is 14.7. The number of methoxy groups -OCH3 is 2.